The van der Waals surface area contributed by atoms with Gasteiger partial charge in [-0.1, -0.05) is 30.3 Å². The van der Waals surface area contributed by atoms with Gasteiger partial charge in [0.1, 0.15) is 0 Å². The van der Waals surface area contributed by atoms with Crippen molar-refractivity contribution in [2.24, 2.45) is 10.7 Å². The maximum Gasteiger partial charge on any atom is 0.409 e. The Hall–Kier alpha value is -2.04. The van der Waals surface area contributed by atoms with E-state index in [9.17, 15) is 9.59 Å². The van der Waals surface area contributed by atoms with Gasteiger partial charge in [-0.15, -0.1) is 24.0 Å². The highest BCUT2D eigenvalue weighted by Gasteiger charge is 2.23. The Bertz CT molecular complexity index is 634. The highest BCUT2D eigenvalue weighted by atomic mass is 127. The number of likely N-dealkylation sites (tertiary alicyclic amines) is 1. The number of amides is 2. The first-order chi connectivity index (χ1) is 13.1. The Balaban J connectivity index is 0.00000392. The summed E-state index contributed by atoms with van der Waals surface area (Å²) in [6.45, 7) is 4.29. The number of nitrogens with two attached hydrogens (primary N) is 1. The highest BCUT2D eigenvalue weighted by Crippen LogP contribution is 2.11. The number of guanidine groups is 1. The summed E-state index contributed by atoms with van der Waals surface area (Å²) >= 11 is 0. The number of carbonyl (C=O) groups excluding carboxylic acids is 2. The molecule has 8 nitrogen and oxygen atoms in total. The van der Waals surface area contributed by atoms with Crippen molar-refractivity contribution in [3.05, 3.63) is 35.9 Å². The fourth-order valence-corrected chi connectivity index (χ4v) is 2.84. The van der Waals surface area contributed by atoms with E-state index < -0.39 is 0 Å². The zero-order chi connectivity index (χ0) is 19.5. The summed E-state index contributed by atoms with van der Waals surface area (Å²) in [4.78, 5) is 29.4. The van der Waals surface area contributed by atoms with Gasteiger partial charge in [0.25, 0.3) is 0 Å². The van der Waals surface area contributed by atoms with Crippen LogP contribution in [0.5, 0.6) is 0 Å². The normalized spacial score (nSPS) is 14.8. The molecule has 1 aromatic carbocycles. The van der Waals surface area contributed by atoms with Gasteiger partial charge in [-0.05, 0) is 25.3 Å². The third-order valence-corrected chi connectivity index (χ3v) is 4.33. The quantitative estimate of drug-likeness (QED) is 0.299. The van der Waals surface area contributed by atoms with Crippen molar-refractivity contribution in [1.29, 1.82) is 0 Å². The molecule has 2 amide bonds. The predicted molar refractivity (Wildman–Crippen MR) is 120 cm³/mol. The van der Waals surface area contributed by atoms with E-state index in [1.54, 1.807) is 11.8 Å². The summed E-state index contributed by atoms with van der Waals surface area (Å²) in [5.74, 6) is 0.276. The molecule has 0 unspecified atom stereocenters. The van der Waals surface area contributed by atoms with Gasteiger partial charge in [0.15, 0.2) is 5.96 Å². The molecule has 1 aliphatic rings. The standard InChI is InChI=1S/C19H29N5O3.HI/c1-2-27-19(26)24-12-9-16(10-13-24)23-18(20)21-11-8-17(25)22-14-15-6-4-3-5-7-15;/h3-7,16H,2,8-14H2,1H3,(H,22,25)(H3,20,21,23);1H. The van der Waals surface area contributed by atoms with Gasteiger partial charge >= 0.3 is 6.09 Å². The SMILES string of the molecule is CCOC(=O)N1CCC(NC(N)=NCCC(=O)NCc2ccccc2)CC1.I. The minimum absolute atomic E-state index is 0. The summed E-state index contributed by atoms with van der Waals surface area (Å²) < 4.78 is 5.00. The Morgan fingerprint density at radius 3 is 2.57 bits per heavy atom. The number of nitrogens with one attached hydrogen (secondary N) is 2. The smallest absolute Gasteiger partial charge is 0.409 e. The molecule has 156 valence electrons. The van der Waals surface area contributed by atoms with Gasteiger partial charge in [-0.25, -0.2) is 4.79 Å². The van der Waals surface area contributed by atoms with Crippen LogP contribution in [0.25, 0.3) is 0 Å². The van der Waals surface area contributed by atoms with E-state index in [2.05, 4.69) is 15.6 Å². The first-order valence-corrected chi connectivity index (χ1v) is 9.37. The molecule has 0 bridgehead atoms. The van der Waals surface area contributed by atoms with Crippen LogP contribution < -0.4 is 16.4 Å². The minimum atomic E-state index is -0.265. The second kappa shape index (κ2) is 13.2. The van der Waals surface area contributed by atoms with E-state index in [1.165, 1.54) is 0 Å². The minimum Gasteiger partial charge on any atom is -0.450 e. The molecule has 2 rings (SSSR count). The summed E-state index contributed by atoms with van der Waals surface area (Å²) in [5.41, 5.74) is 6.96. The van der Waals surface area contributed by atoms with Gasteiger partial charge in [0, 0.05) is 32.1 Å². The van der Waals surface area contributed by atoms with Crippen LogP contribution >= 0.6 is 24.0 Å². The second-order valence-electron chi connectivity index (χ2n) is 6.38. The van der Waals surface area contributed by atoms with Crippen molar-refractivity contribution in [2.45, 2.75) is 38.8 Å². The van der Waals surface area contributed by atoms with Crippen molar-refractivity contribution in [3.63, 3.8) is 0 Å². The number of benzene rings is 1. The van der Waals surface area contributed by atoms with E-state index in [0.29, 0.717) is 38.7 Å². The van der Waals surface area contributed by atoms with Gasteiger partial charge in [-0.3, -0.25) is 9.79 Å². The first kappa shape index (κ1) is 24.0. The number of carbonyl (C=O) groups is 2. The number of hydrogen-bond donors (Lipinski definition) is 3. The maximum absolute atomic E-state index is 11.9. The molecule has 0 aliphatic carbocycles. The Morgan fingerprint density at radius 1 is 1.25 bits per heavy atom. The Kier molecular flexibility index (Phi) is 11.3. The van der Waals surface area contributed by atoms with Crippen LogP contribution in [0.1, 0.15) is 31.7 Å². The zero-order valence-corrected chi connectivity index (χ0v) is 18.6. The number of halogens is 1. The van der Waals surface area contributed by atoms with E-state index in [-0.39, 0.29) is 48.4 Å². The van der Waals surface area contributed by atoms with Crippen LogP contribution in [0.4, 0.5) is 4.79 Å². The number of piperidine rings is 1. The number of aliphatic imine (C=N–C) groups is 1. The molecule has 1 aliphatic heterocycles. The number of rotatable bonds is 7. The maximum atomic E-state index is 11.9. The van der Waals surface area contributed by atoms with Gasteiger partial charge in [0.2, 0.25) is 5.91 Å². The average Bonchev–Trinajstić information content (AvgIpc) is 2.68. The zero-order valence-electron chi connectivity index (χ0n) is 16.2. The van der Waals surface area contributed by atoms with Gasteiger partial charge in [0.05, 0.1) is 13.2 Å². The number of hydrogen-bond acceptors (Lipinski definition) is 4. The largest absolute Gasteiger partial charge is 0.450 e. The van der Waals surface area contributed by atoms with Gasteiger partial charge < -0.3 is 26.0 Å². The van der Waals surface area contributed by atoms with Crippen molar-refractivity contribution >= 4 is 41.9 Å². The molecule has 0 spiro atoms. The lowest BCUT2D eigenvalue weighted by Crippen LogP contribution is -2.48. The molecular formula is C19H30IN5O3. The summed E-state index contributed by atoms with van der Waals surface area (Å²) in [6, 6.07) is 9.92. The summed E-state index contributed by atoms with van der Waals surface area (Å²) in [5, 5.41) is 6.02. The number of ether oxygens (including phenoxy) is 1. The van der Waals surface area contributed by atoms with Crippen LogP contribution in [0.3, 0.4) is 0 Å². The van der Waals surface area contributed by atoms with E-state index >= 15 is 0 Å². The lowest BCUT2D eigenvalue weighted by Gasteiger charge is -2.31. The third-order valence-electron chi connectivity index (χ3n) is 4.33. The fraction of sp³-hybridized carbons (Fsp3) is 0.526. The first-order valence-electron chi connectivity index (χ1n) is 9.37. The highest BCUT2D eigenvalue weighted by molar-refractivity contribution is 14.0. The molecular weight excluding hydrogens is 473 g/mol. The van der Waals surface area contributed by atoms with Gasteiger partial charge in [-0.2, -0.15) is 0 Å². The molecule has 4 N–H and O–H groups in total. The third kappa shape index (κ3) is 8.77. The molecule has 28 heavy (non-hydrogen) atoms. The molecule has 1 heterocycles. The van der Waals surface area contributed by atoms with E-state index in [4.69, 9.17) is 10.5 Å². The van der Waals surface area contributed by atoms with Crippen LogP contribution in [0, 0.1) is 0 Å². The van der Waals surface area contributed by atoms with Crippen molar-refractivity contribution in [2.75, 3.05) is 26.2 Å². The topological polar surface area (TPSA) is 109 Å². The second-order valence-corrected chi connectivity index (χ2v) is 6.38. The van der Waals surface area contributed by atoms with Crippen molar-refractivity contribution in [3.8, 4) is 0 Å². The monoisotopic (exact) mass is 503 g/mol. The van der Waals surface area contributed by atoms with Crippen LogP contribution in [-0.2, 0) is 16.1 Å². The molecule has 1 fully saturated rings. The molecule has 0 aromatic heterocycles. The van der Waals surface area contributed by atoms with Crippen molar-refractivity contribution < 1.29 is 14.3 Å². The molecule has 0 radical (unpaired) electrons. The van der Waals surface area contributed by atoms with E-state index in [1.807, 2.05) is 30.3 Å². The fourth-order valence-electron chi connectivity index (χ4n) is 2.84. The summed E-state index contributed by atoms with van der Waals surface area (Å²) in [7, 11) is 0. The molecule has 1 saturated heterocycles. The molecule has 9 heteroatoms. The number of nitrogens with zero attached hydrogens (tertiary/aromatic N) is 2. The molecule has 0 atom stereocenters. The Morgan fingerprint density at radius 2 is 1.93 bits per heavy atom. The van der Waals surface area contributed by atoms with Crippen LogP contribution in [-0.4, -0.2) is 55.1 Å². The van der Waals surface area contributed by atoms with E-state index in [0.717, 1.165) is 18.4 Å². The van der Waals surface area contributed by atoms with Crippen LogP contribution in [0.15, 0.2) is 35.3 Å². The summed E-state index contributed by atoms with van der Waals surface area (Å²) in [6.07, 6.45) is 1.59. The molecule has 1 aromatic rings. The average molecular weight is 503 g/mol. The molecule has 0 saturated carbocycles. The Labute approximate surface area is 183 Å². The van der Waals surface area contributed by atoms with Crippen molar-refractivity contribution in [1.82, 2.24) is 15.5 Å². The lowest BCUT2D eigenvalue weighted by molar-refractivity contribution is -0.121. The lowest BCUT2D eigenvalue weighted by atomic mass is 10.1. The van der Waals surface area contributed by atoms with Crippen LogP contribution in [0.2, 0.25) is 0 Å². The predicted octanol–water partition coefficient (Wildman–Crippen LogP) is 1.84.